The average molecular weight is 383 g/mol. The number of nitro groups is 1. The van der Waals surface area contributed by atoms with E-state index >= 15 is 0 Å². The maximum atomic E-state index is 12.4. The van der Waals surface area contributed by atoms with Gasteiger partial charge in [-0.15, -0.1) is 11.8 Å². The molecule has 9 heteroatoms. The van der Waals surface area contributed by atoms with Crippen molar-refractivity contribution in [3.63, 3.8) is 0 Å². The van der Waals surface area contributed by atoms with Crippen LogP contribution in [0.4, 0.5) is 5.69 Å². The number of carbonyl (C=O) groups excluding carboxylic acids is 1. The summed E-state index contributed by atoms with van der Waals surface area (Å²) in [5.41, 5.74) is 1.82. The lowest BCUT2D eigenvalue weighted by molar-refractivity contribution is -0.385. The summed E-state index contributed by atoms with van der Waals surface area (Å²) in [6.07, 6.45) is 4.97. The summed E-state index contributed by atoms with van der Waals surface area (Å²) in [5.74, 6) is -0.468. The number of carbonyl (C=O) groups is 1. The van der Waals surface area contributed by atoms with E-state index in [1.807, 2.05) is 30.5 Å². The highest BCUT2D eigenvalue weighted by Crippen LogP contribution is 2.24. The van der Waals surface area contributed by atoms with Gasteiger partial charge < -0.3 is 5.32 Å². The average Bonchev–Trinajstić information content (AvgIpc) is 3.19. The zero-order valence-corrected chi connectivity index (χ0v) is 15.3. The molecule has 3 aromatic rings. The van der Waals surface area contributed by atoms with Crippen LogP contribution >= 0.6 is 11.8 Å². The quantitative estimate of drug-likeness (QED) is 0.382. The second kappa shape index (κ2) is 8.45. The molecule has 2 aromatic carbocycles. The number of nitro benzene ring substituents is 1. The molecule has 0 aliphatic rings. The van der Waals surface area contributed by atoms with Gasteiger partial charge in [0.2, 0.25) is 0 Å². The fourth-order valence-corrected chi connectivity index (χ4v) is 2.96. The summed E-state index contributed by atoms with van der Waals surface area (Å²) in [4.78, 5) is 27.8. The van der Waals surface area contributed by atoms with Gasteiger partial charge in [0.1, 0.15) is 18.2 Å². The minimum Gasteiger partial charge on any atom is -0.348 e. The Bertz CT molecular complexity index is 942. The third-order valence-electron chi connectivity index (χ3n) is 3.93. The van der Waals surface area contributed by atoms with Crippen LogP contribution < -0.4 is 5.32 Å². The van der Waals surface area contributed by atoms with E-state index in [0.29, 0.717) is 6.54 Å². The summed E-state index contributed by atoms with van der Waals surface area (Å²) in [6, 6.07) is 12.2. The van der Waals surface area contributed by atoms with E-state index in [1.165, 1.54) is 24.2 Å². The lowest BCUT2D eigenvalue weighted by Gasteiger charge is -2.08. The molecule has 1 aromatic heterocycles. The molecule has 1 amide bonds. The highest BCUT2D eigenvalue weighted by Gasteiger charge is 2.20. The van der Waals surface area contributed by atoms with E-state index in [9.17, 15) is 14.9 Å². The van der Waals surface area contributed by atoms with Crippen molar-refractivity contribution in [1.29, 1.82) is 0 Å². The van der Waals surface area contributed by atoms with Crippen molar-refractivity contribution in [2.24, 2.45) is 0 Å². The van der Waals surface area contributed by atoms with Gasteiger partial charge in [-0.25, -0.2) is 9.67 Å². The molecule has 0 atom stereocenters. The molecule has 0 saturated heterocycles. The van der Waals surface area contributed by atoms with Gasteiger partial charge in [0, 0.05) is 17.5 Å². The molecule has 0 radical (unpaired) electrons. The highest BCUT2D eigenvalue weighted by atomic mass is 32.2. The molecule has 0 saturated carbocycles. The number of benzene rings is 2. The topological polar surface area (TPSA) is 103 Å². The Balaban J connectivity index is 1.66. The van der Waals surface area contributed by atoms with Crippen molar-refractivity contribution < 1.29 is 9.72 Å². The molecule has 0 fully saturated rings. The number of hydrogen-bond acceptors (Lipinski definition) is 6. The lowest BCUT2D eigenvalue weighted by atomic mass is 10.1. The Hall–Kier alpha value is -3.20. The van der Waals surface area contributed by atoms with Gasteiger partial charge in [0.15, 0.2) is 0 Å². The first-order chi connectivity index (χ1) is 13.1. The molecular weight excluding hydrogens is 366 g/mol. The number of amides is 1. The van der Waals surface area contributed by atoms with Gasteiger partial charge in [0.05, 0.1) is 11.5 Å². The zero-order chi connectivity index (χ0) is 19.2. The first kappa shape index (κ1) is 18.6. The standard InChI is InChI=1S/C18H17N5O3S/c1-27-15-6-7-17(23(25)26)16(8-15)18(24)20-9-13-2-4-14(5-3-13)10-22-12-19-11-21-22/h2-8,11-12H,9-10H2,1H3,(H,20,24). The van der Waals surface area contributed by atoms with Crippen LogP contribution in [0.2, 0.25) is 0 Å². The molecule has 1 N–H and O–H groups in total. The van der Waals surface area contributed by atoms with Crippen molar-refractivity contribution >= 4 is 23.4 Å². The first-order valence-corrected chi connectivity index (χ1v) is 9.30. The van der Waals surface area contributed by atoms with E-state index in [2.05, 4.69) is 15.4 Å². The second-order valence-electron chi connectivity index (χ2n) is 5.73. The van der Waals surface area contributed by atoms with Crippen molar-refractivity contribution in [2.75, 3.05) is 6.26 Å². The molecule has 138 valence electrons. The Morgan fingerprint density at radius 3 is 2.59 bits per heavy atom. The third-order valence-corrected chi connectivity index (χ3v) is 4.66. The minimum absolute atomic E-state index is 0.0645. The molecular formula is C18H17N5O3S. The van der Waals surface area contributed by atoms with Crippen molar-refractivity contribution in [2.45, 2.75) is 18.0 Å². The predicted molar refractivity (Wildman–Crippen MR) is 102 cm³/mol. The summed E-state index contributed by atoms with van der Waals surface area (Å²) < 4.78 is 1.72. The Kier molecular flexibility index (Phi) is 5.82. The number of nitrogens with zero attached hydrogens (tertiary/aromatic N) is 4. The van der Waals surface area contributed by atoms with Crippen LogP contribution in [0, 0.1) is 10.1 Å². The number of aromatic nitrogens is 3. The van der Waals surface area contributed by atoms with Gasteiger partial charge in [-0.2, -0.15) is 5.10 Å². The number of hydrogen-bond donors (Lipinski definition) is 1. The molecule has 27 heavy (non-hydrogen) atoms. The van der Waals surface area contributed by atoms with Crippen molar-refractivity contribution in [1.82, 2.24) is 20.1 Å². The van der Waals surface area contributed by atoms with E-state index in [0.717, 1.165) is 16.0 Å². The van der Waals surface area contributed by atoms with Gasteiger partial charge in [0.25, 0.3) is 11.6 Å². The van der Waals surface area contributed by atoms with Crippen LogP contribution in [0.1, 0.15) is 21.5 Å². The largest absolute Gasteiger partial charge is 0.348 e. The van der Waals surface area contributed by atoms with Gasteiger partial charge in [-0.1, -0.05) is 24.3 Å². The maximum Gasteiger partial charge on any atom is 0.282 e. The minimum atomic E-state index is -0.544. The number of rotatable bonds is 7. The number of nitrogens with one attached hydrogen (secondary N) is 1. The Morgan fingerprint density at radius 1 is 1.22 bits per heavy atom. The molecule has 1 heterocycles. The van der Waals surface area contributed by atoms with Crippen molar-refractivity contribution in [3.8, 4) is 0 Å². The van der Waals surface area contributed by atoms with Crippen molar-refractivity contribution in [3.05, 3.63) is 81.9 Å². The summed E-state index contributed by atoms with van der Waals surface area (Å²) in [7, 11) is 0. The summed E-state index contributed by atoms with van der Waals surface area (Å²) in [5, 5.41) is 18.0. The third kappa shape index (κ3) is 4.70. The normalized spacial score (nSPS) is 10.6. The Morgan fingerprint density at radius 2 is 1.96 bits per heavy atom. The lowest BCUT2D eigenvalue weighted by Crippen LogP contribution is -2.23. The molecule has 0 aliphatic heterocycles. The van der Waals surface area contributed by atoms with Crippen LogP contribution in [0.3, 0.4) is 0 Å². The molecule has 3 rings (SSSR count). The Labute approximate surface area is 159 Å². The van der Waals surface area contributed by atoms with Gasteiger partial charge >= 0.3 is 0 Å². The van der Waals surface area contributed by atoms with E-state index in [-0.39, 0.29) is 17.8 Å². The monoisotopic (exact) mass is 383 g/mol. The SMILES string of the molecule is CSc1ccc([N+](=O)[O-])c(C(=O)NCc2ccc(Cn3cncn3)cc2)c1. The molecule has 0 unspecified atom stereocenters. The fourth-order valence-electron chi connectivity index (χ4n) is 2.52. The predicted octanol–water partition coefficient (Wildman–Crippen LogP) is 2.89. The van der Waals surface area contributed by atoms with Gasteiger partial charge in [-0.05, 0) is 29.5 Å². The van der Waals surface area contributed by atoms with Crippen LogP contribution in [0.15, 0.2) is 60.0 Å². The molecule has 0 bridgehead atoms. The number of thioether (sulfide) groups is 1. The molecule has 8 nitrogen and oxygen atoms in total. The van der Waals surface area contributed by atoms with E-state index in [4.69, 9.17) is 0 Å². The maximum absolute atomic E-state index is 12.4. The zero-order valence-electron chi connectivity index (χ0n) is 14.5. The first-order valence-electron chi connectivity index (χ1n) is 8.07. The van der Waals surface area contributed by atoms with Crippen LogP contribution in [0.25, 0.3) is 0 Å². The van der Waals surface area contributed by atoms with Crippen LogP contribution in [-0.2, 0) is 13.1 Å². The van der Waals surface area contributed by atoms with Gasteiger partial charge in [-0.3, -0.25) is 14.9 Å². The van der Waals surface area contributed by atoms with E-state index in [1.54, 1.807) is 23.1 Å². The smallest absolute Gasteiger partial charge is 0.282 e. The van der Waals surface area contributed by atoms with E-state index < -0.39 is 10.8 Å². The van der Waals surface area contributed by atoms with Crippen LogP contribution in [-0.4, -0.2) is 31.9 Å². The fraction of sp³-hybridized carbons (Fsp3) is 0.167. The summed E-state index contributed by atoms with van der Waals surface area (Å²) >= 11 is 1.42. The van der Waals surface area contributed by atoms with Crippen LogP contribution in [0.5, 0.6) is 0 Å². The second-order valence-corrected chi connectivity index (χ2v) is 6.61. The highest BCUT2D eigenvalue weighted by molar-refractivity contribution is 7.98. The molecule has 0 spiro atoms. The molecule has 0 aliphatic carbocycles. The summed E-state index contributed by atoms with van der Waals surface area (Å²) in [6.45, 7) is 0.892.